The zero-order valence-electron chi connectivity index (χ0n) is 12.3. The number of halogens is 3. The molecule has 0 fully saturated rings. The zero-order chi connectivity index (χ0) is 15.7. The van der Waals surface area contributed by atoms with Crippen LogP contribution >= 0.6 is 34.8 Å². The lowest BCUT2D eigenvalue weighted by Gasteiger charge is -2.10. The first-order valence-corrected chi connectivity index (χ1v) is 8.51. The van der Waals surface area contributed by atoms with Crippen molar-refractivity contribution in [1.82, 2.24) is 0 Å². The lowest BCUT2D eigenvalue weighted by Crippen LogP contribution is -2.00. The maximum Gasteiger partial charge on any atom is 0.252 e. The first kappa shape index (κ1) is 18.6. The number of unbranched alkanes of at least 4 members (excludes halogenated alkanes) is 6. The van der Waals surface area contributed by atoms with E-state index in [1.807, 2.05) is 0 Å². The third kappa shape index (κ3) is 6.90. The molecule has 1 rings (SSSR count). The summed E-state index contributed by atoms with van der Waals surface area (Å²) in [5, 5.41) is 0.0429. The van der Waals surface area contributed by atoms with Gasteiger partial charge >= 0.3 is 0 Å². The lowest BCUT2D eigenvalue weighted by atomic mass is 10.1. The molecule has 1 aromatic rings. The fourth-order valence-corrected chi connectivity index (χ4v) is 2.75. The number of hydrogen-bond donors (Lipinski definition) is 0. The summed E-state index contributed by atoms with van der Waals surface area (Å²) in [5.41, 5.74) is 0.273. The van der Waals surface area contributed by atoms with Gasteiger partial charge in [0.1, 0.15) is 0 Å². The number of rotatable bonds is 10. The van der Waals surface area contributed by atoms with E-state index in [-0.39, 0.29) is 5.56 Å². The van der Waals surface area contributed by atoms with Crippen molar-refractivity contribution in [3.8, 4) is 5.75 Å². The van der Waals surface area contributed by atoms with Crippen molar-refractivity contribution in [2.24, 2.45) is 0 Å². The molecule has 0 aromatic heterocycles. The van der Waals surface area contributed by atoms with Crippen LogP contribution in [0.1, 0.15) is 62.2 Å². The predicted octanol–water partition coefficient (Wildman–Crippen LogP) is 6.50. The molecule has 0 amide bonds. The van der Waals surface area contributed by atoms with Crippen molar-refractivity contribution >= 4 is 40.0 Å². The average molecular weight is 352 g/mol. The molecule has 5 heteroatoms. The maximum absolute atomic E-state index is 11.1. The van der Waals surface area contributed by atoms with Gasteiger partial charge in [-0.05, 0) is 30.2 Å². The van der Waals surface area contributed by atoms with E-state index in [0.29, 0.717) is 22.4 Å². The summed E-state index contributed by atoms with van der Waals surface area (Å²) in [6.07, 6.45) is 8.50. The summed E-state index contributed by atoms with van der Waals surface area (Å²) >= 11 is 17.5. The van der Waals surface area contributed by atoms with Crippen molar-refractivity contribution in [1.29, 1.82) is 0 Å². The Labute approximate surface area is 141 Å². The summed E-state index contributed by atoms with van der Waals surface area (Å²) in [4.78, 5) is 11.1. The summed E-state index contributed by atoms with van der Waals surface area (Å²) in [5.74, 6) is 0.422. The van der Waals surface area contributed by atoms with Gasteiger partial charge < -0.3 is 4.74 Å². The molecule has 21 heavy (non-hydrogen) atoms. The van der Waals surface area contributed by atoms with Crippen LogP contribution in [0, 0.1) is 0 Å². The number of ether oxygens (including phenoxy) is 1. The molecule has 118 valence electrons. The summed E-state index contributed by atoms with van der Waals surface area (Å²) in [7, 11) is 0. The molecule has 1 aromatic carbocycles. The van der Waals surface area contributed by atoms with Gasteiger partial charge in [0.15, 0.2) is 5.75 Å². The van der Waals surface area contributed by atoms with E-state index in [9.17, 15) is 4.79 Å². The van der Waals surface area contributed by atoms with Crippen LogP contribution in [0.5, 0.6) is 5.75 Å². The van der Waals surface area contributed by atoms with E-state index in [1.165, 1.54) is 44.2 Å². The summed E-state index contributed by atoms with van der Waals surface area (Å²) in [6.45, 7) is 2.78. The van der Waals surface area contributed by atoms with Crippen LogP contribution in [-0.2, 0) is 0 Å². The quantitative estimate of drug-likeness (QED) is 0.355. The molecule has 0 saturated heterocycles. The summed E-state index contributed by atoms with van der Waals surface area (Å²) < 4.78 is 5.61. The van der Waals surface area contributed by atoms with Gasteiger partial charge in [0.2, 0.25) is 0 Å². The number of hydrogen-bond acceptors (Lipinski definition) is 2. The molecule has 0 aliphatic carbocycles. The fraction of sp³-hybridized carbons (Fsp3) is 0.562. The molecule has 2 nitrogen and oxygen atoms in total. The largest absolute Gasteiger partial charge is 0.490 e. The van der Waals surface area contributed by atoms with Crippen LogP contribution in [0.3, 0.4) is 0 Å². The second kappa shape index (κ2) is 10.3. The molecule has 0 spiro atoms. The summed E-state index contributed by atoms with van der Waals surface area (Å²) in [6, 6.07) is 2.95. The second-order valence-corrected chi connectivity index (χ2v) is 6.17. The van der Waals surface area contributed by atoms with Crippen molar-refractivity contribution in [2.45, 2.75) is 51.9 Å². The average Bonchev–Trinajstić information content (AvgIpc) is 2.43. The molecule has 0 bridgehead atoms. The van der Waals surface area contributed by atoms with Crippen molar-refractivity contribution in [3.63, 3.8) is 0 Å². The van der Waals surface area contributed by atoms with E-state index < -0.39 is 5.24 Å². The Kier molecular flexibility index (Phi) is 9.14. The molecule has 0 aliphatic rings. The molecule has 0 unspecified atom stereocenters. The van der Waals surface area contributed by atoms with Crippen LogP contribution in [0.25, 0.3) is 0 Å². The van der Waals surface area contributed by atoms with Crippen LogP contribution < -0.4 is 4.74 Å². The normalized spacial score (nSPS) is 10.7. The molecule has 0 N–H and O–H groups in total. The Morgan fingerprint density at radius 1 is 1.00 bits per heavy atom. The Morgan fingerprint density at radius 2 is 1.52 bits per heavy atom. The van der Waals surface area contributed by atoms with Crippen LogP contribution in [-0.4, -0.2) is 11.8 Å². The first-order chi connectivity index (χ1) is 10.1. The second-order valence-electron chi connectivity index (χ2n) is 5.01. The van der Waals surface area contributed by atoms with Gasteiger partial charge in [-0.25, -0.2) is 0 Å². The molecule has 0 heterocycles. The van der Waals surface area contributed by atoms with Crippen molar-refractivity contribution in [2.75, 3.05) is 6.61 Å². The maximum atomic E-state index is 11.1. The zero-order valence-corrected chi connectivity index (χ0v) is 14.5. The third-order valence-electron chi connectivity index (χ3n) is 3.22. The predicted molar refractivity (Wildman–Crippen MR) is 90.1 cm³/mol. The Hall–Kier alpha value is -0.440. The minimum atomic E-state index is -0.586. The Bertz CT molecular complexity index is 438. The highest BCUT2D eigenvalue weighted by molar-refractivity contribution is 6.68. The molecule has 0 atom stereocenters. The van der Waals surface area contributed by atoms with Crippen LogP contribution in [0.15, 0.2) is 12.1 Å². The third-order valence-corrected chi connectivity index (χ3v) is 4.00. The van der Waals surface area contributed by atoms with E-state index in [4.69, 9.17) is 39.5 Å². The van der Waals surface area contributed by atoms with E-state index in [2.05, 4.69) is 6.92 Å². The van der Waals surface area contributed by atoms with Crippen LogP contribution in [0.2, 0.25) is 10.0 Å². The molecule has 0 radical (unpaired) electrons. The van der Waals surface area contributed by atoms with Crippen LogP contribution in [0.4, 0.5) is 0 Å². The minimum Gasteiger partial charge on any atom is -0.490 e. The molecule has 0 saturated carbocycles. The first-order valence-electron chi connectivity index (χ1n) is 7.38. The molecular formula is C16H21Cl3O2. The van der Waals surface area contributed by atoms with E-state index >= 15 is 0 Å². The Morgan fingerprint density at radius 3 is 2.05 bits per heavy atom. The van der Waals surface area contributed by atoms with Gasteiger partial charge in [0.05, 0.1) is 16.7 Å². The van der Waals surface area contributed by atoms with Gasteiger partial charge in [-0.1, -0.05) is 68.7 Å². The van der Waals surface area contributed by atoms with Gasteiger partial charge in [-0.15, -0.1) is 0 Å². The van der Waals surface area contributed by atoms with Gasteiger partial charge in [0, 0.05) is 5.56 Å². The standard InChI is InChI=1S/C16H21Cl3O2/c1-2-3-4-5-6-7-8-9-21-15-13(17)10-12(16(19)20)11-14(15)18/h10-11H,2-9H2,1H3. The van der Waals surface area contributed by atoms with E-state index in [1.54, 1.807) is 0 Å². The SMILES string of the molecule is CCCCCCCCCOc1c(Cl)cc(C(=O)Cl)cc1Cl. The highest BCUT2D eigenvalue weighted by Crippen LogP contribution is 2.34. The fourth-order valence-electron chi connectivity index (χ4n) is 2.04. The highest BCUT2D eigenvalue weighted by Gasteiger charge is 2.12. The number of carbonyl (C=O) groups excluding carboxylic acids is 1. The molecule has 0 aliphatic heterocycles. The van der Waals surface area contributed by atoms with Gasteiger partial charge in [0.25, 0.3) is 5.24 Å². The topological polar surface area (TPSA) is 26.3 Å². The van der Waals surface area contributed by atoms with E-state index in [0.717, 1.165) is 12.8 Å². The Balaban J connectivity index is 2.34. The number of carbonyl (C=O) groups is 1. The monoisotopic (exact) mass is 350 g/mol. The van der Waals surface area contributed by atoms with Crippen molar-refractivity contribution < 1.29 is 9.53 Å². The van der Waals surface area contributed by atoms with Gasteiger partial charge in [-0.2, -0.15) is 0 Å². The lowest BCUT2D eigenvalue weighted by molar-refractivity contribution is 0.108. The molecular weight excluding hydrogens is 331 g/mol. The van der Waals surface area contributed by atoms with Crippen molar-refractivity contribution in [3.05, 3.63) is 27.7 Å². The number of benzene rings is 1. The van der Waals surface area contributed by atoms with Gasteiger partial charge in [-0.3, -0.25) is 4.79 Å². The smallest absolute Gasteiger partial charge is 0.252 e. The highest BCUT2D eigenvalue weighted by atomic mass is 35.5. The minimum absolute atomic E-state index is 0.273.